The lowest BCUT2D eigenvalue weighted by Crippen LogP contribution is -2.01. The van der Waals surface area contributed by atoms with Gasteiger partial charge < -0.3 is 5.11 Å². The van der Waals surface area contributed by atoms with Gasteiger partial charge in [-0.2, -0.15) is 0 Å². The number of carbonyl (C=O) groups is 1. The van der Waals surface area contributed by atoms with Gasteiger partial charge in [0.05, 0.1) is 11.3 Å². The Labute approximate surface area is 115 Å². The standard InChI is InChI=1S/C14H14N2O2S/c1-8-6-9(2)15-13(7-8)19-12-5-4-11(14(17)18)10(3)16-12/h4-7H,1-3H3,(H,17,18). The summed E-state index contributed by atoms with van der Waals surface area (Å²) in [6, 6.07) is 7.28. The highest BCUT2D eigenvalue weighted by molar-refractivity contribution is 7.99. The number of aromatic nitrogens is 2. The molecule has 0 fully saturated rings. The Morgan fingerprint density at radius 1 is 1.11 bits per heavy atom. The molecule has 0 atom stereocenters. The molecule has 0 saturated carbocycles. The summed E-state index contributed by atoms with van der Waals surface area (Å²) in [4.78, 5) is 19.6. The van der Waals surface area contributed by atoms with Gasteiger partial charge in [-0.1, -0.05) is 11.8 Å². The SMILES string of the molecule is Cc1cc(C)nc(Sc2ccc(C(=O)O)c(C)n2)c1. The van der Waals surface area contributed by atoms with E-state index in [9.17, 15) is 4.79 Å². The van der Waals surface area contributed by atoms with Gasteiger partial charge in [-0.3, -0.25) is 0 Å². The van der Waals surface area contributed by atoms with E-state index in [1.165, 1.54) is 11.8 Å². The van der Waals surface area contributed by atoms with E-state index in [0.29, 0.717) is 5.69 Å². The molecule has 2 aromatic rings. The van der Waals surface area contributed by atoms with Gasteiger partial charge in [0, 0.05) is 5.69 Å². The molecule has 0 aliphatic heterocycles. The smallest absolute Gasteiger partial charge is 0.337 e. The predicted molar refractivity (Wildman–Crippen MR) is 73.8 cm³/mol. The monoisotopic (exact) mass is 274 g/mol. The van der Waals surface area contributed by atoms with Crippen LogP contribution in [0.15, 0.2) is 34.3 Å². The lowest BCUT2D eigenvalue weighted by Gasteiger charge is -2.05. The maximum Gasteiger partial charge on any atom is 0.337 e. The lowest BCUT2D eigenvalue weighted by molar-refractivity contribution is 0.0695. The fourth-order valence-electron chi connectivity index (χ4n) is 1.78. The second kappa shape index (κ2) is 5.40. The maximum atomic E-state index is 10.9. The largest absolute Gasteiger partial charge is 0.478 e. The number of aromatic carboxylic acids is 1. The van der Waals surface area contributed by atoms with E-state index < -0.39 is 5.97 Å². The average molecular weight is 274 g/mol. The number of hydrogen-bond acceptors (Lipinski definition) is 4. The van der Waals surface area contributed by atoms with Crippen LogP contribution in [0, 0.1) is 20.8 Å². The fourth-order valence-corrected chi connectivity index (χ4v) is 2.75. The summed E-state index contributed by atoms with van der Waals surface area (Å²) in [5, 5.41) is 10.6. The van der Waals surface area contributed by atoms with Crippen molar-refractivity contribution in [2.75, 3.05) is 0 Å². The molecule has 0 spiro atoms. The van der Waals surface area contributed by atoms with Crippen molar-refractivity contribution in [1.82, 2.24) is 9.97 Å². The summed E-state index contributed by atoms with van der Waals surface area (Å²) in [6.07, 6.45) is 0. The zero-order chi connectivity index (χ0) is 14.0. The zero-order valence-electron chi connectivity index (χ0n) is 11.0. The van der Waals surface area contributed by atoms with Crippen LogP contribution in [0.3, 0.4) is 0 Å². The molecule has 0 aliphatic rings. The number of aryl methyl sites for hydroxylation is 3. The summed E-state index contributed by atoms with van der Waals surface area (Å²) >= 11 is 1.44. The van der Waals surface area contributed by atoms with Crippen LogP contribution >= 0.6 is 11.8 Å². The summed E-state index contributed by atoms with van der Waals surface area (Å²) in [5.41, 5.74) is 2.86. The maximum absolute atomic E-state index is 10.9. The first-order valence-electron chi connectivity index (χ1n) is 5.80. The second-order valence-corrected chi connectivity index (χ2v) is 5.35. The highest BCUT2D eigenvalue weighted by Crippen LogP contribution is 2.26. The van der Waals surface area contributed by atoms with Crippen LogP contribution in [-0.4, -0.2) is 21.0 Å². The van der Waals surface area contributed by atoms with Crippen LogP contribution in [0.4, 0.5) is 0 Å². The number of pyridine rings is 2. The highest BCUT2D eigenvalue weighted by atomic mass is 32.2. The first kappa shape index (κ1) is 13.5. The topological polar surface area (TPSA) is 63.1 Å². The first-order valence-corrected chi connectivity index (χ1v) is 6.61. The van der Waals surface area contributed by atoms with Gasteiger partial charge in [-0.15, -0.1) is 0 Å². The number of nitrogens with zero attached hydrogens (tertiary/aromatic N) is 2. The molecule has 2 rings (SSSR count). The molecule has 2 heterocycles. The Hall–Kier alpha value is -1.88. The third-order valence-electron chi connectivity index (χ3n) is 2.57. The van der Waals surface area contributed by atoms with E-state index in [-0.39, 0.29) is 5.56 Å². The molecule has 0 aromatic carbocycles. The van der Waals surface area contributed by atoms with Crippen LogP contribution in [0.2, 0.25) is 0 Å². The van der Waals surface area contributed by atoms with Crippen LogP contribution in [0.25, 0.3) is 0 Å². The molecular formula is C14H14N2O2S. The summed E-state index contributed by atoms with van der Waals surface area (Å²) < 4.78 is 0. The number of rotatable bonds is 3. The molecule has 0 radical (unpaired) electrons. The van der Waals surface area contributed by atoms with E-state index in [1.807, 2.05) is 26.0 Å². The van der Waals surface area contributed by atoms with Crippen LogP contribution < -0.4 is 0 Å². The zero-order valence-corrected chi connectivity index (χ0v) is 11.8. The van der Waals surface area contributed by atoms with Crippen molar-refractivity contribution in [1.29, 1.82) is 0 Å². The Morgan fingerprint density at radius 2 is 1.84 bits per heavy atom. The van der Waals surface area contributed by atoms with E-state index in [1.54, 1.807) is 19.1 Å². The van der Waals surface area contributed by atoms with Crippen molar-refractivity contribution in [3.05, 3.63) is 46.8 Å². The van der Waals surface area contributed by atoms with E-state index >= 15 is 0 Å². The van der Waals surface area contributed by atoms with Crippen molar-refractivity contribution in [3.63, 3.8) is 0 Å². The molecule has 0 unspecified atom stereocenters. The quantitative estimate of drug-likeness (QED) is 0.930. The van der Waals surface area contributed by atoms with E-state index in [4.69, 9.17) is 5.11 Å². The van der Waals surface area contributed by atoms with Gasteiger partial charge in [-0.25, -0.2) is 14.8 Å². The summed E-state index contributed by atoms with van der Waals surface area (Å²) in [6.45, 7) is 5.66. The van der Waals surface area contributed by atoms with Gasteiger partial charge in [0.25, 0.3) is 0 Å². The molecule has 2 aromatic heterocycles. The Morgan fingerprint density at radius 3 is 2.42 bits per heavy atom. The Kier molecular flexibility index (Phi) is 3.85. The van der Waals surface area contributed by atoms with Gasteiger partial charge in [0.2, 0.25) is 0 Å². The molecule has 98 valence electrons. The molecule has 0 saturated heterocycles. The molecule has 19 heavy (non-hydrogen) atoms. The fraction of sp³-hybridized carbons (Fsp3) is 0.214. The molecule has 0 bridgehead atoms. The lowest BCUT2D eigenvalue weighted by atomic mass is 10.2. The van der Waals surface area contributed by atoms with Crippen molar-refractivity contribution in [2.24, 2.45) is 0 Å². The minimum Gasteiger partial charge on any atom is -0.478 e. The molecule has 1 N–H and O–H groups in total. The van der Waals surface area contributed by atoms with E-state index in [2.05, 4.69) is 9.97 Å². The highest BCUT2D eigenvalue weighted by Gasteiger charge is 2.10. The number of carboxylic acids is 1. The van der Waals surface area contributed by atoms with Gasteiger partial charge in [0.15, 0.2) is 0 Å². The van der Waals surface area contributed by atoms with Crippen LogP contribution in [0.5, 0.6) is 0 Å². The van der Waals surface area contributed by atoms with Crippen molar-refractivity contribution in [3.8, 4) is 0 Å². The normalized spacial score (nSPS) is 10.5. The molecular weight excluding hydrogens is 260 g/mol. The van der Waals surface area contributed by atoms with Crippen molar-refractivity contribution < 1.29 is 9.90 Å². The number of carboxylic acid groups (broad SMARTS) is 1. The molecule has 0 aliphatic carbocycles. The predicted octanol–water partition coefficient (Wildman–Crippen LogP) is 3.25. The molecule has 5 heteroatoms. The minimum absolute atomic E-state index is 0.234. The molecule has 0 amide bonds. The molecule has 4 nitrogen and oxygen atoms in total. The van der Waals surface area contributed by atoms with Gasteiger partial charge in [-0.05, 0) is 50.6 Å². The van der Waals surface area contributed by atoms with Gasteiger partial charge >= 0.3 is 5.97 Å². The van der Waals surface area contributed by atoms with Crippen LogP contribution in [0.1, 0.15) is 27.3 Å². The third-order valence-corrected chi connectivity index (χ3v) is 3.43. The Balaban J connectivity index is 2.28. The van der Waals surface area contributed by atoms with Crippen LogP contribution in [-0.2, 0) is 0 Å². The Bertz CT molecular complexity index is 621. The second-order valence-electron chi connectivity index (χ2n) is 4.31. The van der Waals surface area contributed by atoms with Gasteiger partial charge in [0.1, 0.15) is 10.1 Å². The van der Waals surface area contributed by atoms with E-state index in [0.717, 1.165) is 21.3 Å². The van der Waals surface area contributed by atoms with Crippen molar-refractivity contribution >= 4 is 17.7 Å². The number of hydrogen-bond donors (Lipinski definition) is 1. The minimum atomic E-state index is -0.953. The third kappa shape index (κ3) is 3.32. The summed E-state index contributed by atoms with van der Waals surface area (Å²) in [5.74, 6) is -0.953. The summed E-state index contributed by atoms with van der Waals surface area (Å²) in [7, 11) is 0. The van der Waals surface area contributed by atoms with Crippen molar-refractivity contribution in [2.45, 2.75) is 30.8 Å². The first-order chi connectivity index (χ1) is 8.95. The average Bonchev–Trinajstić information content (AvgIpc) is 2.26.